The van der Waals surface area contributed by atoms with Crippen molar-refractivity contribution in [2.24, 2.45) is 0 Å². The van der Waals surface area contributed by atoms with Gasteiger partial charge in [-0.15, -0.1) is 0 Å². The van der Waals surface area contributed by atoms with E-state index in [1.54, 1.807) is 6.20 Å². The third-order valence-corrected chi connectivity index (χ3v) is 9.40. The molecule has 3 N–H and O–H groups in total. The second-order valence-electron chi connectivity index (χ2n) is 12.1. The minimum Gasteiger partial charge on any atom is -0.389 e. The summed E-state index contributed by atoms with van der Waals surface area (Å²) in [6.07, 6.45) is 6.85. The van der Waals surface area contributed by atoms with Crippen molar-refractivity contribution in [2.75, 3.05) is 63.9 Å². The Morgan fingerprint density at radius 3 is 2.42 bits per heavy atom. The number of nitrogens with one attached hydrogen (secondary N) is 1. The van der Waals surface area contributed by atoms with Gasteiger partial charge < -0.3 is 34.6 Å². The van der Waals surface area contributed by atoms with Gasteiger partial charge in [0.15, 0.2) is 5.78 Å². The van der Waals surface area contributed by atoms with Crippen LogP contribution in [0.3, 0.4) is 0 Å². The number of anilines is 1. The average Bonchev–Trinajstić information content (AvgIpc) is 3.44. The summed E-state index contributed by atoms with van der Waals surface area (Å²) in [5, 5.41) is 23.6. The van der Waals surface area contributed by atoms with Crippen LogP contribution >= 0.6 is 0 Å². The summed E-state index contributed by atoms with van der Waals surface area (Å²) >= 11 is 0. The maximum atomic E-state index is 13.4. The second kappa shape index (κ2) is 12.7. The first-order chi connectivity index (χ1) is 20.8. The molecule has 1 unspecified atom stereocenters. The number of halogens is 2. The number of piperidine rings is 2. The fourth-order valence-corrected chi connectivity index (χ4v) is 6.69. The number of aliphatic hydroxyl groups excluding tert-OH is 1. The molecule has 6 rings (SSSR count). The zero-order valence-electron chi connectivity index (χ0n) is 24.4. The van der Waals surface area contributed by atoms with E-state index in [0.29, 0.717) is 38.4 Å². The SMILES string of the molecule is O=C(C=CN1CCC(O)(C(O)CN2CCC(c3c[nH]c4ccc(N5CCOCC5)cc34)CC2)CC1)c1cc(F)cc(F)c1. The first-order valence-electron chi connectivity index (χ1n) is 15.3. The molecule has 0 aliphatic carbocycles. The van der Waals surface area contributed by atoms with E-state index >= 15 is 0 Å². The van der Waals surface area contributed by atoms with Crippen LogP contribution in [0.1, 0.15) is 47.5 Å². The molecule has 3 aliphatic heterocycles. The van der Waals surface area contributed by atoms with Gasteiger partial charge in [0.05, 0.1) is 24.9 Å². The molecule has 4 heterocycles. The normalized spacial score (nSPS) is 21.1. The number of benzene rings is 2. The van der Waals surface area contributed by atoms with Gasteiger partial charge in [-0.3, -0.25) is 4.79 Å². The lowest BCUT2D eigenvalue weighted by molar-refractivity contribution is -0.114. The third kappa shape index (κ3) is 6.77. The van der Waals surface area contributed by atoms with Crippen LogP contribution < -0.4 is 4.90 Å². The molecule has 230 valence electrons. The molecule has 10 heteroatoms. The molecule has 1 aromatic heterocycles. The van der Waals surface area contributed by atoms with E-state index in [0.717, 1.165) is 76.0 Å². The van der Waals surface area contributed by atoms with Gasteiger partial charge in [0.1, 0.15) is 11.6 Å². The number of hydrogen-bond acceptors (Lipinski definition) is 7. The molecule has 0 amide bonds. The Hall–Kier alpha value is -3.31. The minimum atomic E-state index is -1.20. The number of rotatable bonds is 8. The molecule has 0 radical (unpaired) electrons. The quantitative estimate of drug-likeness (QED) is 0.268. The number of fused-ring (bicyclic) bond motifs is 1. The molecule has 43 heavy (non-hydrogen) atoms. The number of H-pyrrole nitrogens is 1. The second-order valence-corrected chi connectivity index (χ2v) is 12.1. The number of β-amino-alcohol motifs (C(OH)–C–C–N with tert-alkyl or cyclic N) is 1. The first kappa shape index (κ1) is 29.7. The standard InChI is InChI=1S/C33H40F2N4O4/c34-25-17-24(18-26(35)19-25)31(40)5-10-37-11-6-33(42,7-12-37)32(41)22-38-8-3-23(4-9-38)29-21-36-30-2-1-27(20-28(29)30)39-13-15-43-16-14-39/h1-2,5,10,17-21,23,32,36,41-42H,3-4,6-9,11-16,22H2. The third-order valence-electron chi connectivity index (χ3n) is 9.40. The van der Waals surface area contributed by atoms with Crippen molar-refractivity contribution < 1.29 is 28.5 Å². The van der Waals surface area contributed by atoms with Crippen molar-refractivity contribution in [1.82, 2.24) is 14.8 Å². The van der Waals surface area contributed by atoms with E-state index < -0.39 is 29.1 Å². The van der Waals surface area contributed by atoms with Crippen molar-refractivity contribution in [1.29, 1.82) is 0 Å². The molecular weight excluding hydrogens is 554 g/mol. The van der Waals surface area contributed by atoms with Gasteiger partial charge in [-0.25, -0.2) is 8.78 Å². The van der Waals surface area contributed by atoms with Crippen molar-refractivity contribution in [2.45, 2.75) is 43.3 Å². The summed E-state index contributed by atoms with van der Waals surface area (Å²) in [7, 11) is 0. The summed E-state index contributed by atoms with van der Waals surface area (Å²) in [4.78, 5) is 22.3. The maximum Gasteiger partial charge on any atom is 0.187 e. The monoisotopic (exact) mass is 594 g/mol. The Morgan fingerprint density at radius 1 is 1.02 bits per heavy atom. The Kier molecular flexibility index (Phi) is 8.81. The number of ketones is 1. The predicted octanol–water partition coefficient (Wildman–Crippen LogP) is 4.05. The molecule has 2 aromatic carbocycles. The Bertz CT molecular complexity index is 1430. The van der Waals surface area contributed by atoms with Gasteiger partial charge in [0, 0.05) is 79.4 Å². The molecule has 0 bridgehead atoms. The minimum absolute atomic E-state index is 0.0520. The molecule has 3 aliphatic rings. The lowest BCUT2D eigenvalue weighted by Gasteiger charge is -2.43. The zero-order valence-corrected chi connectivity index (χ0v) is 24.4. The number of aromatic nitrogens is 1. The highest BCUT2D eigenvalue weighted by Gasteiger charge is 2.39. The fourth-order valence-electron chi connectivity index (χ4n) is 6.69. The van der Waals surface area contributed by atoms with E-state index in [1.165, 1.54) is 22.7 Å². The van der Waals surface area contributed by atoms with E-state index in [4.69, 9.17) is 4.74 Å². The highest BCUT2D eigenvalue weighted by molar-refractivity contribution is 6.04. The zero-order chi connectivity index (χ0) is 30.0. The summed E-state index contributed by atoms with van der Waals surface area (Å²) in [6.45, 7) is 6.38. The number of likely N-dealkylation sites (tertiary alicyclic amines) is 2. The smallest absolute Gasteiger partial charge is 0.187 e. The lowest BCUT2D eigenvalue weighted by Crippen LogP contribution is -2.54. The summed E-state index contributed by atoms with van der Waals surface area (Å²) in [6, 6.07) is 9.39. The van der Waals surface area contributed by atoms with Crippen molar-refractivity contribution in [3.63, 3.8) is 0 Å². The fraction of sp³-hybridized carbons (Fsp3) is 0.485. The molecule has 1 atom stereocenters. The van der Waals surface area contributed by atoms with Gasteiger partial charge in [-0.05, 0) is 80.6 Å². The van der Waals surface area contributed by atoms with Crippen LogP contribution in [0, 0.1) is 11.6 Å². The highest BCUT2D eigenvalue weighted by atomic mass is 19.1. The van der Waals surface area contributed by atoms with E-state index in [9.17, 15) is 23.8 Å². The number of carbonyl (C=O) groups is 1. The van der Waals surface area contributed by atoms with Crippen LogP contribution in [-0.4, -0.2) is 102 Å². The van der Waals surface area contributed by atoms with Gasteiger partial charge in [-0.2, -0.15) is 0 Å². The number of aromatic amines is 1. The van der Waals surface area contributed by atoms with Crippen molar-refractivity contribution >= 4 is 22.4 Å². The van der Waals surface area contributed by atoms with E-state index in [1.807, 2.05) is 4.90 Å². The molecule has 8 nitrogen and oxygen atoms in total. The Morgan fingerprint density at radius 2 is 1.72 bits per heavy atom. The lowest BCUT2D eigenvalue weighted by atomic mass is 9.84. The first-order valence-corrected chi connectivity index (χ1v) is 15.3. The predicted molar refractivity (Wildman–Crippen MR) is 161 cm³/mol. The number of aliphatic hydroxyl groups is 2. The van der Waals surface area contributed by atoms with Crippen molar-refractivity contribution in [3.05, 3.63) is 77.6 Å². The number of hydrogen-bond donors (Lipinski definition) is 3. The van der Waals surface area contributed by atoms with Crippen LogP contribution in [-0.2, 0) is 4.74 Å². The van der Waals surface area contributed by atoms with Gasteiger partial charge in [0.25, 0.3) is 0 Å². The summed E-state index contributed by atoms with van der Waals surface area (Å²) < 4.78 is 32.4. The molecule has 3 fully saturated rings. The number of allylic oxidation sites excluding steroid dienone is 1. The number of carbonyl (C=O) groups excluding carboxylic acids is 1. The molecule has 0 saturated carbocycles. The maximum absolute atomic E-state index is 13.4. The van der Waals surface area contributed by atoms with Gasteiger partial charge >= 0.3 is 0 Å². The largest absolute Gasteiger partial charge is 0.389 e. The number of ether oxygens (including phenoxy) is 1. The molecule has 3 aromatic rings. The van der Waals surface area contributed by atoms with Crippen LogP contribution in [0.2, 0.25) is 0 Å². The van der Waals surface area contributed by atoms with Crippen molar-refractivity contribution in [3.8, 4) is 0 Å². The average molecular weight is 595 g/mol. The van der Waals surface area contributed by atoms with Crippen LogP contribution in [0.15, 0.2) is 54.9 Å². The van der Waals surface area contributed by atoms with E-state index in [-0.39, 0.29) is 5.56 Å². The number of morpholine rings is 1. The van der Waals surface area contributed by atoms with Gasteiger partial charge in [-0.1, -0.05) is 0 Å². The summed E-state index contributed by atoms with van der Waals surface area (Å²) in [5.74, 6) is -1.65. The molecular formula is C33H40F2N4O4. The van der Waals surface area contributed by atoms with Crippen LogP contribution in [0.4, 0.5) is 14.5 Å². The van der Waals surface area contributed by atoms with Crippen LogP contribution in [0.25, 0.3) is 10.9 Å². The van der Waals surface area contributed by atoms with Gasteiger partial charge in [0.2, 0.25) is 0 Å². The van der Waals surface area contributed by atoms with Crippen LogP contribution in [0.5, 0.6) is 0 Å². The van der Waals surface area contributed by atoms with E-state index in [2.05, 4.69) is 39.2 Å². The summed E-state index contributed by atoms with van der Waals surface area (Å²) in [5.41, 5.74) is 2.49. The Balaban J connectivity index is 0.993. The number of nitrogens with zero attached hydrogens (tertiary/aromatic N) is 3. The highest BCUT2D eigenvalue weighted by Crippen LogP contribution is 2.36. The Labute approximate surface area is 250 Å². The topological polar surface area (TPSA) is 92.3 Å². The molecule has 3 saturated heterocycles. The molecule has 0 spiro atoms.